The third kappa shape index (κ3) is 8.56. The number of likely N-dealkylation sites (tertiary alicyclic amines) is 1. The Bertz CT molecular complexity index is 1010. The average Bonchev–Trinajstić information content (AvgIpc) is 2.88. The van der Waals surface area contributed by atoms with Gasteiger partial charge >= 0.3 is 0 Å². The van der Waals surface area contributed by atoms with Crippen molar-refractivity contribution in [3.8, 4) is 0 Å². The Morgan fingerprint density at radius 2 is 1.86 bits per heavy atom. The molecule has 0 aromatic heterocycles. The fourth-order valence-corrected chi connectivity index (χ4v) is 4.53. The maximum absolute atomic E-state index is 12.1. The summed E-state index contributed by atoms with van der Waals surface area (Å²) in [4.78, 5) is 14.7. The molecule has 1 fully saturated rings. The van der Waals surface area contributed by atoms with Crippen molar-refractivity contribution >= 4 is 11.6 Å². The van der Waals surface area contributed by atoms with E-state index < -0.39 is 0 Å². The second kappa shape index (κ2) is 13.7. The molecule has 1 atom stereocenters. The van der Waals surface area contributed by atoms with Crippen molar-refractivity contribution < 1.29 is 4.79 Å². The van der Waals surface area contributed by atoms with Crippen LogP contribution in [0.2, 0.25) is 0 Å². The summed E-state index contributed by atoms with van der Waals surface area (Å²) in [5.74, 6) is 0.936. The van der Waals surface area contributed by atoms with Crippen LogP contribution in [-0.4, -0.2) is 30.4 Å². The first kappa shape index (κ1) is 26.5. The first-order valence-electron chi connectivity index (χ1n) is 12.9. The quantitative estimate of drug-likeness (QED) is 0.383. The number of amides is 1. The van der Waals surface area contributed by atoms with Crippen molar-refractivity contribution in [2.75, 3.05) is 25.0 Å². The first-order chi connectivity index (χ1) is 17.0. The van der Waals surface area contributed by atoms with E-state index in [-0.39, 0.29) is 11.8 Å². The van der Waals surface area contributed by atoms with Gasteiger partial charge in [-0.2, -0.15) is 0 Å². The number of hydrogen-bond donors (Lipinski definition) is 2. The highest BCUT2D eigenvalue weighted by Gasteiger charge is 2.22. The lowest BCUT2D eigenvalue weighted by molar-refractivity contribution is -0.118. The maximum Gasteiger partial charge on any atom is 0.226 e. The van der Waals surface area contributed by atoms with Crippen molar-refractivity contribution in [2.45, 2.75) is 51.9 Å². The van der Waals surface area contributed by atoms with Crippen LogP contribution in [0.3, 0.4) is 0 Å². The minimum Gasteiger partial charge on any atom is -0.399 e. The molecule has 1 unspecified atom stereocenters. The Labute approximate surface area is 211 Å². The number of benzene rings is 2. The summed E-state index contributed by atoms with van der Waals surface area (Å²) < 4.78 is 0. The Morgan fingerprint density at radius 1 is 1.11 bits per heavy atom. The lowest BCUT2D eigenvalue weighted by atomic mass is 9.88. The van der Waals surface area contributed by atoms with Gasteiger partial charge in [0.25, 0.3) is 0 Å². The molecule has 1 aliphatic rings. The molecule has 1 aliphatic heterocycles. The van der Waals surface area contributed by atoms with E-state index in [1.54, 1.807) is 0 Å². The molecule has 0 aliphatic carbocycles. The summed E-state index contributed by atoms with van der Waals surface area (Å²) in [6.45, 7) is 9.10. The standard InChI is InChI=1S/C31H41N3O/c1-4-5-13-29(32)16-15-26(25-10-7-6-8-11-25)17-20-34-21-18-27(19-22-34)28-12-9-14-30(23-28)33-31(35)24(2)3/h4-16,23-24,26-27H,17-22,32H2,1-3H3,(H,33,35)/b5-4+,16-15-,29-13+. The van der Waals surface area contributed by atoms with Gasteiger partial charge in [-0.3, -0.25) is 4.79 Å². The largest absolute Gasteiger partial charge is 0.399 e. The molecular weight excluding hydrogens is 430 g/mol. The highest BCUT2D eigenvalue weighted by molar-refractivity contribution is 5.92. The van der Waals surface area contributed by atoms with E-state index in [0.29, 0.717) is 11.8 Å². The van der Waals surface area contributed by atoms with Crippen LogP contribution in [0.25, 0.3) is 0 Å². The lowest BCUT2D eigenvalue weighted by Crippen LogP contribution is -2.34. The molecule has 35 heavy (non-hydrogen) atoms. The molecule has 3 rings (SSSR count). The smallest absolute Gasteiger partial charge is 0.226 e. The van der Waals surface area contributed by atoms with Gasteiger partial charge in [-0.15, -0.1) is 0 Å². The molecule has 0 radical (unpaired) electrons. The minimum atomic E-state index is -0.0166. The van der Waals surface area contributed by atoms with Crippen molar-refractivity contribution in [1.82, 2.24) is 4.90 Å². The monoisotopic (exact) mass is 471 g/mol. The molecule has 0 spiro atoms. The second-order valence-electron chi connectivity index (χ2n) is 9.74. The van der Waals surface area contributed by atoms with E-state index in [9.17, 15) is 4.79 Å². The molecular formula is C31H41N3O. The van der Waals surface area contributed by atoms with Crippen molar-refractivity contribution in [1.29, 1.82) is 0 Å². The molecule has 0 saturated carbocycles. The van der Waals surface area contributed by atoms with Crippen LogP contribution >= 0.6 is 0 Å². The summed E-state index contributed by atoms with van der Waals surface area (Å²) in [5.41, 5.74) is 10.5. The molecule has 1 amide bonds. The first-order valence-corrected chi connectivity index (χ1v) is 12.9. The SMILES string of the molecule is C/C=C/C=C(N)\C=C/C(CCN1CCC(c2cccc(NC(=O)C(C)C)c2)CC1)c1ccccc1. The van der Waals surface area contributed by atoms with Gasteiger partial charge in [0.2, 0.25) is 5.91 Å². The summed E-state index contributed by atoms with van der Waals surface area (Å²) in [7, 11) is 0. The average molecular weight is 472 g/mol. The lowest BCUT2D eigenvalue weighted by Gasteiger charge is -2.33. The van der Waals surface area contributed by atoms with Gasteiger partial charge in [0.05, 0.1) is 0 Å². The number of carbonyl (C=O) groups is 1. The Hall–Kier alpha value is -3.11. The minimum absolute atomic E-state index is 0.0166. The molecule has 2 aromatic rings. The van der Waals surface area contributed by atoms with Crippen LogP contribution in [-0.2, 0) is 4.79 Å². The maximum atomic E-state index is 12.1. The number of nitrogens with two attached hydrogens (primary N) is 1. The fourth-order valence-electron chi connectivity index (χ4n) is 4.53. The van der Waals surface area contributed by atoms with Gasteiger partial charge in [0.15, 0.2) is 0 Å². The van der Waals surface area contributed by atoms with Crippen molar-refractivity contribution in [3.63, 3.8) is 0 Å². The predicted molar refractivity (Wildman–Crippen MR) is 148 cm³/mol. The Kier molecular flexibility index (Phi) is 10.4. The Balaban J connectivity index is 1.56. The number of rotatable bonds is 10. The van der Waals surface area contributed by atoms with Gasteiger partial charge in [0, 0.05) is 23.2 Å². The molecule has 1 heterocycles. The van der Waals surface area contributed by atoms with Crippen LogP contribution in [0.5, 0.6) is 0 Å². The predicted octanol–water partition coefficient (Wildman–Crippen LogP) is 6.61. The van der Waals surface area contributed by atoms with Crippen LogP contribution in [0.1, 0.15) is 63.0 Å². The number of anilines is 1. The van der Waals surface area contributed by atoms with E-state index in [1.807, 2.05) is 51.1 Å². The molecule has 0 bridgehead atoms. The van der Waals surface area contributed by atoms with Crippen LogP contribution in [0.15, 0.2) is 90.7 Å². The van der Waals surface area contributed by atoms with E-state index in [0.717, 1.165) is 50.3 Å². The topological polar surface area (TPSA) is 58.4 Å². The van der Waals surface area contributed by atoms with Gasteiger partial charge in [0.1, 0.15) is 0 Å². The number of nitrogens with zero attached hydrogens (tertiary/aromatic N) is 1. The zero-order valence-corrected chi connectivity index (χ0v) is 21.5. The number of piperidine rings is 1. The molecule has 1 saturated heterocycles. The molecule has 3 N–H and O–H groups in total. The third-order valence-electron chi connectivity index (χ3n) is 6.72. The second-order valence-corrected chi connectivity index (χ2v) is 9.74. The highest BCUT2D eigenvalue weighted by Crippen LogP contribution is 2.30. The summed E-state index contributed by atoms with van der Waals surface area (Å²) in [6.07, 6.45) is 13.5. The zero-order valence-electron chi connectivity index (χ0n) is 21.5. The summed E-state index contributed by atoms with van der Waals surface area (Å²) in [5, 5.41) is 3.04. The van der Waals surface area contributed by atoms with Crippen LogP contribution < -0.4 is 11.1 Å². The molecule has 186 valence electrons. The Morgan fingerprint density at radius 3 is 2.54 bits per heavy atom. The number of nitrogens with one attached hydrogen (secondary N) is 1. The van der Waals surface area contributed by atoms with Gasteiger partial charge < -0.3 is 16.0 Å². The third-order valence-corrected chi connectivity index (χ3v) is 6.72. The number of hydrogen-bond acceptors (Lipinski definition) is 3. The van der Waals surface area contributed by atoms with Crippen molar-refractivity contribution in [3.05, 3.63) is 102 Å². The van der Waals surface area contributed by atoms with Gasteiger partial charge in [-0.05, 0) is 87.2 Å². The van der Waals surface area contributed by atoms with Crippen molar-refractivity contribution in [2.24, 2.45) is 11.7 Å². The van der Waals surface area contributed by atoms with Crippen LogP contribution in [0.4, 0.5) is 5.69 Å². The zero-order chi connectivity index (χ0) is 25.0. The molecule has 4 nitrogen and oxygen atoms in total. The van der Waals surface area contributed by atoms with E-state index >= 15 is 0 Å². The van der Waals surface area contributed by atoms with E-state index in [1.165, 1.54) is 11.1 Å². The highest BCUT2D eigenvalue weighted by atomic mass is 16.1. The summed E-state index contributed by atoms with van der Waals surface area (Å²) in [6, 6.07) is 19.1. The normalized spacial score (nSPS) is 16.9. The van der Waals surface area contributed by atoms with Gasteiger partial charge in [-0.25, -0.2) is 0 Å². The number of allylic oxidation sites excluding steroid dienone is 5. The van der Waals surface area contributed by atoms with Crippen LogP contribution in [0, 0.1) is 5.92 Å². The fraction of sp³-hybridized carbons (Fsp3) is 0.387. The van der Waals surface area contributed by atoms with E-state index in [4.69, 9.17) is 5.73 Å². The molecule has 4 heteroatoms. The molecule has 2 aromatic carbocycles. The van der Waals surface area contributed by atoms with E-state index in [2.05, 4.69) is 64.8 Å². The number of carbonyl (C=O) groups excluding carboxylic acids is 1. The summed E-state index contributed by atoms with van der Waals surface area (Å²) >= 11 is 0. The van der Waals surface area contributed by atoms with Gasteiger partial charge in [-0.1, -0.05) is 74.5 Å².